The molecule has 8 heteroatoms. The molecule has 5 nitrogen and oxygen atoms in total. The van der Waals surface area contributed by atoms with Gasteiger partial charge < -0.3 is 14.8 Å². The van der Waals surface area contributed by atoms with Crippen molar-refractivity contribution in [2.24, 2.45) is 0 Å². The Labute approximate surface area is 190 Å². The fraction of sp³-hybridized carbons (Fsp3) is 0.333. The van der Waals surface area contributed by atoms with Crippen molar-refractivity contribution in [1.29, 1.82) is 0 Å². The predicted octanol–water partition coefficient (Wildman–Crippen LogP) is 5.99. The number of hydrogen-bond donors (Lipinski definition) is 1. The van der Waals surface area contributed by atoms with Crippen LogP contribution in [0, 0.1) is 0 Å². The second-order valence-corrected chi connectivity index (χ2v) is 9.34. The van der Waals surface area contributed by atoms with Crippen LogP contribution in [0.15, 0.2) is 27.2 Å². The normalized spacial score (nSPS) is 13.2. The van der Waals surface area contributed by atoms with E-state index in [1.54, 1.807) is 20.1 Å². The number of anilines is 1. The molecule has 0 aliphatic heterocycles. The van der Waals surface area contributed by atoms with Gasteiger partial charge in [-0.3, -0.25) is 4.79 Å². The number of ether oxygens (including phenoxy) is 2. The molecule has 1 N–H and O–H groups in total. The predicted molar refractivity (Wildman–Crippen MR) is 123 cm³/mol. The Balaban J connectivity index is 1.85. The second-order valence-electron chi connectivity index (χ2n) is 6.47. The average Bonchev–Trinajstić information content (AvgIpc) is 3.04. The van der Waals surface area contributed by atoms with E-state index in [4.69, 9.17) is 9.47 Å². The van der Waals surface area contributed by atoms with Crippen LogP contribution >= 0.6 is 43.2 Å². The molecule has 1 aromatic heterocycles. The average molecular weight is 543 g/mol. The summed E-state index contributed by atoms with van der Waals surface area (Å²) < 4.78 is 12.3. The molecular formula is C21H21Br2NO4S. The Hall–Kier alpha value is -1.64. The van der Waals surface area contributed by atoms with Crippen molar-refractivity contribution >= 4 is 66.2 Å². The molecule has 1 amide bonds. The number of nitrogens with one attached hydrogen (secondary N) is 1. The quantitative estimate of drug-likeness (QED) is 0.359. The first-order valence-corrected chi connectivity index (χ1v) is 11.7. The lowest BCUT2D eigenvalue weighted by Crippen LogP contribution is -2.14. The largest absolute Gasteiger partial charge is 0.495 e. The summed E-state index contributed by atoms with van der Waals surface area (Å²) in [5, 5.41) is 3.43. The summed E-state index contributed by atoms with van der Waals surface area (Å²) in [4.78, 5) is 26.3. The van der Waals surface area contributed by atoms with Gasteiger partial charge in [0.25, 0.3) is 0 Å². The number of aryl methyl sites for hydroxylation is 1. The molecule has 3 rings (SSSR count). The summed E-state index contributed by atoms with van der Waals surface area (Å²) in [7, 11) is 1.58. The van der Waals surface area contributed by atoms with Gasteiger partial charge in [0, 0.05) is 21.0 Å². The Kier molecular flexibility index (Phi) is 7.54. The number of carbonyl (C=O) groups excluding carboxylic acids is 2. The maximum atomic E-state index is 12.6. The van der Waals surface area contributed by atoms with E-state index in [0.29, 0.717) is 22.9 Å². The minimum atomic E-state index is -0.372. The van der Waals surface area contributed by atoms with Crippen LogP contribution in [0.5, 0.6) is 5.75 Å². The van der Waals surface area contributed by atoms with E-state index in [0.717, 1.165) is 50.6 Å². The van der Waals surface area contributed by atoms with Crippen LogP contribution in [0.1, 0.15) is 46.1 Å². The van der Waals surface area contributed by atoms with E-state index in [9.17, 15) is 9.59 Å². The monoisotopic (exact) mass is 541 g/mol. The number of esters is 1. The van der Waals surface area contributed by atoms with Crippen LogP contribution < -0.4 is 10.1 Å². The lowest BCUT2D eigenvalue weighted by atomic mass is 9.95. The lowest BCUT2D eigenvalue weighted by Gasteiger charge is -2.12. The highest BCUT2D eigenvalue weighted by Crippen LogP contribution is 2.39. The molecule has 1 aliphatic rings. The van der Waals surface area contributed by atoms with Crippen LogP contribution in [0.4, 0.5) is 5.00 Å². The van der Waals surface area contributed by atoms with Crippen molar-refractivity contribution in [3.05, 3.63) is 48.7 Å². The van der Waals surface area contributed by atoms with Crippen LogP contribution in [0.2, 0.25) is 0 Å². The van der Waals surface area contributed by atoms with Gasteiger partial charge in [-0.25, -0.2) is 4.79 Å². The van der Waals surface area contributed by atoms with E-state index < -0.39 is 0 Å². The summed E-state index contributed by atoms with van der Waals surface area (Å²) in [5.74, 6) is -0.0490. The van der Waals surface area contributed by atoms with Crippen molar-refractivity contribution in [2.75, 3.05) is 19.0 Å². The highest BCUT2D eigenvalue weighted by atomic mass is 79.9. The maximum absolute atomic E-state index is 12.6. The summed E-state index contributed by atoms with van der Waals surface area (Å²) in [6.45, 7) is 2.08. The van der Waals surface area contributed by atoms with Gasteiger partial charge in [0.05, 0.1) is 23.8 Å². The van der Waals surface area contributed by atoms with Crippen LogP contribution in [0.25, 0.3) is 6.08 Å². The summed E-state index contributed by atoms with van der Waals surface area (Å²) in [6.07, 6.45) is 7.03. The number of benzene rings is 1. The number of rotatable bonds is 6. The van der Waals surface area contributed by atoms with Crippen LogP contribution in [-0.4, -0.2) is 25.6 Å². The number of fused-ring (bicyclic) bond motifs is 1. The third kappa shape index (κ3) is 5.10. The van der Waals surface area contributed by atoms with Crippen LogP contribution in [-0.2, 0) is 22.4 Å². The van der Waals surface area contributed by atoms with Gasteiger partial charge >= 0.3 is 5.97 Å². The zero-order chi connectivity index (χ0) is 21.0. The molecule has 154 valence electrons. The van der Waals surface area contributed by atoms with E-state index in [1.807, 2.05) is 12.1 Å². The van der Waals surface area contributed by atoms with E-state index >= 15 is 0 Å². The van der Waals surface area contributed by atoms with Crippen molar-refractivity contribution in [3.8, 4) is 5.75 Å². The fourth-order valence-corrected chi connectivity index (χ4v) is 6.01. The van der Waals surface area contributed by atoms with E-state index in [-0.39, 0.29) is 11.9 Å². The SMILES string of the molecule is CCOC(=O)c1c(NC(=O)C=Cc2cc(Br)cc(Br)c2OC)sc2c1CCCC2. The highest BCUT2D eigenvalue weighted by Gasteiger charge is 2.26. The number of thiophene rings is 1. The zero-order valence-electron chi connectivity index (χ0n) is 16.1. The fourth-order valence-electron chi connectivity index (χ4n) is 3.31. The highest BCUT2D eigenvalue weighted by molar-refractivity contribution is 9.11. The van der Waals surface area contributed by atoms with Crippen molar-refractivity contribution in [2.45, 2.75) is 32.6 Å². The Morgan fingerprint density at radius 1 is 1.24 bits per heavy atom. The van der Waals surface area contributed by atoms with Crippen molar-refractivity contribution in [3.63, 3.8) is 0 Å². The molecule has 1 aromatic carbocycles. The topological polar surface area (TPSA) is 64.6 Å². The molecule has 0 saturated heterocycles. The van der Waals surface area contributed by atoms with Gasteiger partial charge in [-0.15, -0.1) is 11.3 Å². The number of hydrogen-bond acceptors (Lipinski definition) is 5. The molecule has 0 saturated carbocycles. The summed E-state index contributed by atoms with van der Waals surface area (Å²) >= 11 is 8.36. The minimum Gasteiger partial charge on any atom is -0.495 e. The van der Waals surface area contributed by atoms with Gasteiger partial charge in [0.15, 0.2) is 0 Å². The molecule has 0 fully saturated rings. The van der Waals surface area contributed by atoms with Gasteiger partial charge in [0.2, 0.25) is 5.91 Å². The first-order valence-electron chi connectivity index (χ1n) is 9.28. The molecule has 0 bridgehead atoms. The van der Waals surface area contributed by atoms with Crippen molar-refractivity contribution in [1.82, 2.24) is 0 Å². The van der Waals surface area contributed by atoms with E-state index in [1.165, 1.54) is 17.4 Å². The molecular weight excluding hydrogens is 522 g/mol. The Bertz CT molecular complexity index is 968. The third-order valence-corrected chi connectivity index (χ3v) is 6.80. The number of carbonyl (C=O) groups is 2. The Morgan fingerprint density at radius 2 is 2.00 bits per heavy atom. The standard InChI is InChI=1S/C21H21Br2NO4S/c1-3-28-21(26)18-14-6-4-5-7-16(14)29-20(18)24-17(25)9-8-12-10-13(22)11-15(23)19(12)27-2/h8-11H,3-7H2,1-2H3,(H,24,25). The number of halogens is 2. The molecule has 0 radical (unpaired) electrons. The zero-order valence-corrected chi connectivity index (χ0v) is 20.1. The van der Waals surface area contributed by atoms with Gasteiger partial charge in [-0.2, -0.15) is 0 Å². The van der Waals surface area contributed by atoms with Gasteiger partial charge in [0.1, 0.15) is 10.8 Å². The lowest BCUT2D eigenvalue weighted by molar-refractivity contribution is -0.111. The van der Waals surface area contributed by atoms with E-state index in [2.05, 4.69) is 37.2 Å². The Morgan fingerprint density at radius 3 is 2.72 bits per heavy atom. The molecule has 0 spiro atoms. The minimum absolute atomic E-state index is 0.300. The molecule has 29 heavy (non-hydrogen) atoms. The molecule has 0 atom stereocenters. The molecule has 0 unspecified atom stereocenters. The molecule has 1 heterocycles. The van der Waals surface area contributed by atoms with Gasteiger partial charge in [-0.05, 0) is 72.3 Å². The maximum Gasteiger partial charge on any atom is 0.341 e. The first kappa shape index (κ1) is 22.1. The molecule has 2 aromatic rings. The number of amides is 1. The second kappa shape index (κ2) is 9.91. The summed E-state index contributed by atoms with van der Waals surface area (Å²) in [6, 6.07) is 3.74. The molecule has 1 aliphatic carbocycles. The van der Waals surface area contributed by atoms with Crippen LogP contribution in [0.3, 0.4) is 0 Å². The third-order valence-electron chi connectivity index (χ3n) is 4.54. The first-order chi connectivity index (χ1) is 13.9. The van der Waals surface area contributed by atoms with Gasteiger partial charge in [-0.1, -0.05) is 15.9 Å². The van der Waals surface area contributed by atoms with Crippen molar-refractivity contribution < 1.29 is 19.1 Å². The summed E-state index contributed by atoms with van der Waals surface area (Å²) in [5.41, 5.74) is 2.28. The number of methoxy groups -OCH3 is 1. The smallest absolute Gasteiger partial charge is 0.341 e.